The molecule has 9 heteroatoms. The van der Waals surface area contributed by atoms with Gasteiger partial charge in [0.2, 0.25) is 5.91 Å². The number of carbonyl (C=O) groups excluding carboxylic acids is 1. The molecule has 1 aliphatic rings. The van der Waals surface area contributed by atoms with Gasteiger partial charge in [-0.3, -0.25) is 4.79 Å². The third-order valence-corrected chi connectivity index (χ3v) is 6.14. The van der Waals surface area contributed by atoms with Crippen molar-refractivity contribution in [1.29, 1.82) is 0 Å². The maximum Gasteiger partial charge on any atom is 0.252 e. The van der Waals surface area contributed by atoms with E-state index in [1.165, 1.54) is 11.8 Å². The summed E-state index contributed by atoms with van der Waals surface area (Å²) in [6.45, 7) is 5.74. The van der Waals surface area contributed by atoms with E-state index in [1.54, 1.807) is 18.9 Å². The molecule has 1 aliphatic heterocycles. The number of amides is 1. The van der Waals surface area contributed by atoms with Gasteiger partial charge < -0.3 is 14.8 Å². The van der Waals surface area contributed by atoms with Crippen molar-refractivity contribution in [2.24, 2.45) is 0 Å². The largest absolute Gasteiger partial charge is 0.493 e. The van der Waals surface area contributed by atoms with Crippen LogP contribution in [-0.4, -0.2) is 45.6 Å². The van der Waals surface area contributed by atoms with Crippen LogP contribution in [0.3, 0.4) is 0 Å². The Bertz CT molecular complexity index is 1110. The highest BCUT2D eigenvalue weighted by Crippen LogP contribution is 2.48. The Hall–Kier alpha value is -3.07. The number of nitrogens with one attached hydrogen (secondary N) is 1. The van der Waals surface area contributed by atoms with Gasteiger partial charge in [-0.25, -0.2) is 9.97 Å². The smallest absolute Gasteiger partial charge is 0.252 e. The number of hydrogen-bond donors (Lipinski definition) is 1. The van der Waals surface area contributed by atoms with Crippen molar-refractivity contribution < 1.29 is 14.3 Å². The van der Waals surface area contributed by atoms with Gasteiger partial charge in [-0.05, 0) is 32.9 Å². The van der Waals surface area contributed by atoms with Gasteiger partial charge in [0.15, 0.2) is 11.5 Å². The van der Waals surface area contributed by atoms with Crippen LogP contribution in [0.25, 0.3) is 5.95 Å². The number of nitrogens with zero attached hydrogens (tertiary/aromatic N) is 4. The number of methoxy groups -OCH3 is 2. The van der Waals surface area contributed by atoms with Gasteiger partial charge in [-0.15, -0.1) is 11.8 Å². The van der Waals surface area contributed by atoms with E-state index < -0.39 is 0 Å². The van der Waals surface area contributed by atoms with Crippen LogP contribution in [-0.2, 0) is 4.79 Å². The maximum absolute atomic E-state index is 12.6. The Morgan fingerprint density at radius 1 is 1.13 bits per heavy atom. The number of benzene rings is 1. The van der Waals surface area contributed by atoms with Crippen molar-refractivity contribution in [2.45, 2.75) is 26.0 Å². The second-order valence-corrected chi connectivity index (χ2v) is 8.13. The molecule has 1 aromatic carbocycles. The number of carbonyl (C=O) groups is 1. The molecule has 0 aliphatic carbocycles. The molecular weight excluding hydrogens is 402 g/mol. The molecule has 1 atom stereocenters. The lowest BCUT2D eigenvalue weighted by atomic mass is 10.0. The Balaban J connectivity index is 1.94. The number of fused-ring (bicyclic) bond motifs is 1. The molecule has 0 saturated carbocycles. The fraction of sp³-hybridized carbons (Fsp3) is 0.333. The molecular formula is C21H23N5O3S. The van der Waals surface area contributed by atoms with E-state index in [9.17, 15) is 4.79 Å². The highest BCUT2D eigenvalue weighted by atomic mass is 32.2. The van der Waals surface area contributed by atoms with Crippen LogP contribution < -0.4 is 14.8 Å². The van der Waals surface area contributed by atoms with Gasteiger partial charge >= 0.3 is 0 Å². The first-order chi connectivity index (χ1) is 14.4. The quantitative estimate of drug-likeness (QED) is 0.685. The lowest BCUT2D eigenvalue weighted by molar-refractivity contribution is -0.113. The second-order valence-electron chi connectivity index (χ2n) is 7.03. The molecule has 30 heavy (non-hydrogen) atoms. The molecule has 1 amide bonds. The van der Waals surface area contributed by atoms with Crippen LogP contribution in [0.15, 0.2) is 24.3 Å². The number of rotatable bonds is 4. The molecule has 3 aromatic rings. The summed E-state index contributed by atoms with van der Waals surface area (Å²) in [5.41, 5.74) is 4.28. The van der Waals surface area contributed by atoms with Crippen molar-refractivity contribution in [3.8, 4) is 17.4 Å². The van der Waals surface area contributed by atoms with Gasteiger partial charge in [0.1, 0.15) is 5.82 Å². The van der Waals surface area contributed by atoms with Crippen LogP contribution in [0, 0.1) is 20.8 Å². The average Bonchev–Trinajstić information content (AvgIpc) is 2.92. The molecule has 156 valence electrons. The van der Waals surface area contributed by atoms with E-state index in [2.05, 4.69) is 20.4 Å². The molecule has 0 unspecified atom stereocenters. The molecule has 0 spiro atoms. The summed E-state index contributed by atoms with van der Waals surface area (Å²) >= 11 is 1.52. The number of aromatic nitrogens is 4. The van der Waals surface area contributed by atoms with Gasteiger partial charge in [0.25, 0.3) is 5.95 Å². The first kappa shape index (κ1) is 20.2. The summed E-state index contributed by atoms with van der Waals surface area (Å²) < 4.78 is 12.8. The predicted octanol–water partition coefficient (Wildman–Crippen LogP) is 3.38. The number of ether oxygens (including phenoxy) is 2. The number of aryl methyl sites for hydroxylation is 3. The molecule has 0 bridgehead atoms. The monoisotopic (exact) mass is 425 g/mol. The van der Waals surface area contributed by atoms with Crippen molar-refractivity contribution in [2.75, 3.05) is 25.3 Å². The van der Waals surface area contributed by atoms with E-state index in [0.29, 0.717) is 29.0 Å². The number of para-hydroxylation sites is 1. The topological polar surface area (TPSA) is 91.2 Å². The van der Waals surface area contributed by atoms with Gasteiger partial charge in [-0.2, -0.15) is 9.78 Å². The van der Waals surface area contributed by atoms with Crippen molar-refractivity contribution >= 4 is 23.5 Å². The Kier molecular flexibility index (Phi) is 5.38. The second kappa shape index (κ2) is 7.98. The normalized spacial score (nSPS) is 15.9. The predicted molar refractivity (Wildman–Crippen MR) is 116 cm³/mol. The minimum absolute atomic E-state index is 0.101. The third kappa shape index (κ3) is 3.49. The number of thioether (sulfide) groups is 1. The van der Waals surface area contributed by atoms with Crippen molar-refractivity contribution in [3.05, 3.63) is 52.5 Å². The Labute approximate surface area is 179 Å². The molecule has 0 radical (unpaired) electrons. The van der Waals surface area contributed by atoms with Crippen LogP contribution >= 0.6 is 11.8 Å². The summed E-state index contributed by atoms with van der Waals surface area (Å²) in [5.74, 6) is 2.50. The standard InChI is InChI=1S/C21H23N5O3S/c1-11-9-12(2)23-21(22-11)26-20-17(13(3)25-26)19(30-10-16(27)24-20)14-7-6-8-15(28-4)18(14)29-5/h6-9,19H,10H2,1-5H3,(H,24,27)/t19-/m0/s1. The summed E-state index contributed by atoms with van der Waals surface area (Å²) in [4.78, 5) is 21.6. The molecule has 8 nitrogen and oxygen atoms in total. The lowest BCUT2D eigenvalue weighted by Gasteiger charge is -2.20. The van der Waals surface area contributed by atoms with Gasteiger partial charge in [0, 0.05) is 22.5 Å². The van der Waals surface area contributed by atoms with Crippen LogP contribution in [0.5, 0.6) is 11.5 Å². The van der Waals surface area contributed by atoms with Crippen molar-refractivity contribution in [1.82, 2.24) is 19.7 Å². The summed E-state index contributed by atoms with van der Waals surface area (Å²) in [6, 6.07) is 7.66. The van der Waals surface area contributed by atoms with Gasteiger partial charge in [-0.1, -0.05) is 12.1 Å². The number of hydrogen-bond acceptors (Lipinski definition) is 7. The maximum atomic E-state index is 12.6. The highest BCUT2D eigenvalue weighted by molar-refractivity contribution is 8.00. The Morgan fingerprint density at radius 2 is 1.87 bits per heavy atom. The number of anilines is 1. The molecule has 0 fully saturated rings. The van der Waals surface area contributed by atoms with E-state index >= 15 is 0 Å². The average molecular weight is 426 g/mol. The van der Waals surface area contributed by atoms with Crippen molar-refractivity contribution in [3.63, 3.8) is 0 Å². The minimum Gasteiger partial charge on any atom is -0.493 e. The molecule has 0 saturated heterocycles. The fourth-order valence-electron chi connectivity index (χ4n) is 3.69. The highest BCUT2D eigenvalue weighted by Gasteiger charge is 2.33. The zero-order valence-electron chi connectivity index (χ0n) is 17.5. The van der Waals surface area contributed by atoms with E-state index in [0.717, 1.165) is 28.2 Å². The molecule has 1 N–H and O–H groups in total. The zero-order chi connectivity index (χ0) is 21.4. The Morgan fingerprint density at radius 3 is 2.53 bits per heavy atom. The lowest BCUT2D eigenvalue weighted by Crippen LogP contribution is -2.17. The first-order valence-corrected chi connectivity index (χ1v) is 10.5. The van der Waals surface area contributed by atoms with E-state index in [1.807, 2.05) is 45.0 Å². The summed E-state index contributed by atoms with van der Waals surface area (Å²) in [5, 5.41) is 7.51. The third-order valence-electron chi connectivity index (χ3n) is 4.88. The van der Waals surface area contributed by atoms with Crippen LogP contribution in [0.1, 0.15) is 33.5 Å². The summed E-state index contributed by atoms with van der Waals surface area (Å²) in [6.07, 6.45) is 0. The zero-order valence-corrected chi connectivity index (χ0v) is 18.3. The first-order valence-electron chi connectivity index (χ1n) is 9.47. The van der Waals surface area contributed by atoms with E-state index in [-0.39, 0.29) is 11.2 Å². The molecule has 3 heterocycles. The minimum atomic E-state index is -0.177. The SMILES string of the molecule is COc1cccc([C@@H]2SCC(=O)Nc3c2c(C)nn3-c2nc(C)cc(C)n2)c1OC. The van der Waals surface area contributed by atoms with Crippen LogP contribution in [0.2, 0.25) is 0 Å². The van der Waals surface area contributed by atoms with Gasteiger partial charge in [0.05, 0.1) is 30.9 Å². The van der Waals surface area contributed by atoms with E-state index in [4.69, 9.17) is 9.47 Å². The molecule has 4 rings (SSSR count). The van der Waals surface area contributed by atoms with Crippen LogP contribution in [0.4, 0.5) is 5.82 Å². The molecule has 2 aromatic heterocycles. The summed E-state index contributed by atoms with van der Waals surface area (Å²) in [7, 11) is 3.23. The fourth-order valence-corrected chi connectivity index (χ4v) is 4.90.